The number of hydrogen-bond acceptors (Lipinski definition) is 1. The summed E-state index contributed by atoms with van der Waals surface area (Å²) in [6.45, 7) is 0. The number of imidazole rings is 1. The summed E-state index contributed by atoms with van der Waals surface area (Å²) in [4.78, 5) is 14.3. The SMILES string of the molecule is O=c1c(Br)cn2cc(CC3CC3)[nH]c2c1F. The summed E-state index contributed by atoms with van der Waals surface area (Å²) in [5.74, 6) is 0.00306. The molecule has 2 aromatic heterocycles. The largest absolute Gasteiger partial charge is 0.341 e. The van der Waals surface area contributed by atoms with E-state index in [-0.39, 0.29) is 10.1 Å². The first-order valence-corrected chi connectivity index (χ1v) is 6.02. The van der Waals surface area contributed by atoms with E-state index in [9.17, 15) is 9.18 Å². The van der Waals surface area contributed by atoms with E-state index in [0.29, 0.717) is 0 Å². The van der Waals surface area contributed by atoms with Crippen LogP contribution in [0.5, 0.6) is 0 Å². The zero-order chi connectivity index (χ0) is 11.3. The molecule has 1 saturated carbocycles. The van der Waals surface area contributed by atoms with Crippen LogP contribution in [0.1, 0.15) is 18.5 Å². The molecule has 5 heteroatoms. The van der Waals surface area contributed by atoms with Gasteiger partial charge in [0.25, 0.3) is 0 Å². The van der Waals surface area contributed by atoms with E-state index >= 15 is 0 Å². The third kappa shape index (κ3) is 1.59. The van der Waals surface area contributed by atoms with Crippen LogP contribution < -0.4 is 5.43 Å². The van der Waals surface area contributed by atoms with E-state index in [4.69, 9.17) is 0 Å². The molecule has 1 aliphatic rings. The Bertz CT molecular complexity index is 612. The van der Waals surface area contributed by atoms with Crippen molar-refractivity contribution in [2.75, 3.05) is 0 Å². The lowest BCUT2D eigenvalue weighted by Crippen LogP contribution is -2.09. The summed E-state index contributed by atoms with van der Waals surface area (Å²) in [7, 11) is 0. The maximum absolute atomic E-state index is 13.6. The second-order valence-electron chi connectivity index (χ2n) is 4.30. The molecule has 1 aliphatic carbocycles. The quantitative estimate of drug-likeness (QED) is 0.904. The fraction of sp³-hybridized carbons (Fsp3) is 0.364. The molecule has 0 aliphatic heterocycles. The van der Waals surface area contributed by atoms with E-state index < -0.39 is 11.2 Å². The van der Waals surface area contributed by atoms with Gasteiger partial charge in [-0.05, 0) is 41.1 Å². The monoisotopic (exact) mass is 284 g/mol. The van der Waals surface area contributed by atoms with Crippen molar-refractivity contribution in [3.63, 3.8) is 0 Å². The predicted octanol–water partition coefficient (Wildman–Crippen LogP) is 2.48. The van der Waals surface area contributed by atoms with E-state index in [1.54, 1.807) is 10.6 Å². The third-order valence-electron chi connectivity index (χ3n) is 2.91. The van der Waals surface area contributed by atoms with Crippen molar-refractivity contribution in [2.24, 2.45) is 5.92 Å². The molecule has 2 aromatic rings. The first-order chi connectivity index (χ1) is 7.65. The molecule has 0 amide bonds. The number of halogens is 2. The van der Waals surface area contributed by atoms with E-state index in [1.165, 1.54) is 12.8 Å². The summed E-state index contributed by atoms with van der Waals surface area (Å²) >= 11 is 3.05. The molecule has 0 saturated heterocycles. The Morgan fingerprint density at radius 3 is 2.94 bits per heavy atom. The van der Waals surface area contributed by atoms with Crippen molar-refractivity contribution in [2.45, 2.75) is 19.3 Å². The average Bonchev–Trinajstić information content (AvgIpc) is 2.96. The molecule has 1 N–H and O–H groups in total. The van der Waals surface area contributed by atoms with Crippen molar-refractivity contribution < 1.29 is 4.39 Å². The summed E-state index contributed by atoms with van der Waals surface area (Å²) in [5, 5.41) is 0. The van der Waals surface area contributed by atoms with Crippen LogP contribution in [0.3, 0.4) is 0 Å². The summed E-state index contributed by atoms with van der Waals surface area (Å²) in [5.41, 5.74) is 0.641. The van der Waals surface area contributed by atoms with Gasteiger partial charge in [-0.3, -0.25) is 4.79 Å². The van der Waals surface area contributed by atoms with Gasteiger partial charge in [-0.1, -0.05) is 0 Å². The summed E-state index contributed by atoms with van der Waals surface area (Å²) < 4.78 is 15.5. The number of nitrogens with zero attached hydrogens (tertiary/aromatic N) is 1. The number of aromatic amines is 1. The molecule has 2 heterocycles. The van der Waals surface area contributed by atoms with Gasteiger partial charge in [0.1, 0.15) is 0 Å². The predicted molar refractivity (Wildman–Crippen MR) is 62.1 cm³/mol. The fourth-order valence-electron chi connectivity index (χ4n) is 1.88. The van der Waals surface area contributed by atoms with Gasteiger partial charge >= 0.3 is 0 Å². The van der Waals surface area contributed by atoms with Crippen LogP contribution in [-0.4, -0.2) is 9.38 Å². The first-order valence-electron chi connectivity index (χ1n) is 5.23. The highest BCUT2D eigenvalue weighted by Crippen LogP contribution is 2.32. The highest BCUT2D eigenvalue weighted by Gasteiger charge is 2.22. The van der Waals surface area contributed by atoms with E-state index in [1.807, 2.05) is 6.20 Å². The van der Waals surface area contributed by atoms with Gasteiger partial charge in [-0.25, -0.2) is 0 Å². The first kappa shape index (κ1) is 10.1. The Labute approximate surface area is 99.4 Å². The summed E-state index contributed by atoms with van der Waals surface area (Å²) in [6.07, 6.45) is 6.87. The van der Waals surface area contributed by atoms with Crippen LogP contribution in [0.2, 0.25) is 0 Å². The van der Waals surface area contributed by atoms with Crippen molar-refractivity contribution in [1.29, 1.82) is 0 Å². The maximum Gasteiger partial charge on any atom is 0.233 e. The van der Waals surface area contributed by atoms with Gasteiger partial charge in [-0.15, -0.1) is 0 Å². The van der Waals surface area contributed by atoms with Crippen molar-refractivity contribution >= 4 is 21.6 Å². The molecule has 0 spiro atoms. The van der Waals surface area contributed by atoms with Crippen molar-refractivity contribution in [3.05, 3.63) is 38.6 Å². The number of H-pyrrole nitrogens is 1. The summed E-state index contributed by atoms with van der Waals surface area (Å²) in [6, 6.07) is 0. The van der Waals surface area contributed by atoms with Crippen molar-refractivity contribution in [1.82, 2.24) is 9.38 Å². The van der Waals surface area contributed by atoms with Crippen molar-refractivity contribution in [3.8, 4) is 0 Å². The minimum atomic E-state index is -0.726. The standard InChI is InChI=1S/C11H10BrFN2O/c12-8-5-15-4-7(3-6-1-2-6)14-11(15)9(13)10(8)16/h4-6,14H,1-3H2. The van der Waals surface area contributed by atoms with Crippen LogP contribution in [-0.2, 0) is 6.42 Å². The van der Waals surface area contributed by atoms with Crippen LogP contribution >= 0.6 is 15.9 Å². The molecular formula is C11H10BrFN2O. The van der Waals surface area contributed by atoms with Gasteiger partial charge in [0.15, 0.2) is 5.65 Å². The van der Waals surface area contributed by atoms with Crippen LogP contribution in [0, 0.1) is 11.7 Å². The number of fused-ring (bicyclic) bond motifs is 1. The zero-order valence-corrected chi connectivity index (χ0v) is 10.1. The molecule has 0 radical (unpaired) electrons. The molecule has 0 aromatic carbocycles. The highest BCUT2D eigenvalue weighted by atomic mass is 79.9. The number of aromatic nitrogens is 2. The second kappa shape index (κ2) is 3.45. The number of pyridine rings is 1. The minimum Gasteiger partial charge on any atom is -0.341 e. The lowest BCUT2D eigenvalue weighted by atomic mass is 10.2. The molecule has 0 atom stereocenters. The maximum atomic E-state index is 13.6. The Kier molecular flexibility index (Phi) is 2.17. The lowest BCUT2D eigenvalue weighted by molar-refractivity contribution is 0.618. The smallest absolute Gasteiger partial charge is 0.233 e. The lowest BCUT2D eigenvalue weighted by Gasteiger charge is -1.95. The minimum absolute atomic E-state index is 0.250. The molecule has 84 valence electrons. The van der Waals surface area contributed by atoms with E-state index in [2.05, 4.69) is 20.9 Å². The number of nitrogens with one attached hydrogen (secondary N) is 1. The van der Waals surface area contributed by atoms with Crippen LogP contribution in [0.15, 0.2) is 21.7 Å². The van der Waals surface area contributed by atoms with Gasteiger partial charge in [0.2, 0.25) is 11.2 Å². The fourth-order valence-corrected chi connectivity index (χ4v) is 2.28. The third-order valence-corrected chi connectivity index (χ3v) is 3.48. The molecule has 0 unspecified atom stereocenters. The Morgan fingerprint density at radius 2 is 2.25 bits per heavy atom. The van der Waals surface area contributed by atoms with Gasteiger partial charge < -0.3 is 9.38 Å². The Morgan fingerprint density at radius 1 is 1.50 bits per heavy atom. The average molecular weight is 285 g/mol. The number of rotatable bonds is 2. The van der Waals surface area contributed by atoms with Crippen LogP contribution in [0.25, 0.3) is 5.65 Å². The van der Waals surface area contributed by atoms with Gasteiger partial charge in [0, 0.05) is 18.1 Å². The topological polar surface area (TPSA) is 37.3 Å². The normalized spacial score (nSPS) is 15.9. The van der Waals surface area contributed by atoms with Crippen LogP contribution in [0.4, 0.5) is 4.39 Å². The highest BCUT2D eigenvalue weighted by molar-refractivity contribution is 9.10. The Balaban J connectivity index is 2.15. The molecule has 3 rings (SSSR count). The zero-order valence-electron chi connectivity index (χ0n) is 8.46. The molecule has 1 fully saturated rings. The van der Waals surface area contributed by atoms with Gasteiger partial charge in [-0.2, -0.15) is 4.39 Å². The number of hydrogen-bond donors (Lipinski definition) is 1. The molecule has 0 bridgehead atoms. The Hall–Kier alpha value is -1.10. The second-order valence-corrected chi connectivity index (χ2v) is 5.16. The molecule has 3 nitrogen and oxygen atoms in total. The van der Waals surface area contributed by atoms with Gasteiger partial charge in [0.05, 0.1) is 4.47 Å². The molecular weight excluding hydrogens is 275 g/mol. The molecule has 16 heavy (non-hydrogen) atoms. The van der Waals surface area contributed by atoms with E-state index in [0.717, 1.165) is 18.0 Å².